The molecule has 0 atom stereocenters. The summed E-state index contributed by atoms with van der Waals surface area (Å²) in [7, 11) is 0. The monoisotopic (exact) mass is 715 g/mol. The van der Waals surface area contributed by atoms with Crippen molar-refractivity contribution in [3.8, 4) is 55.6 Å². The first kappa shape index (κ1) is 33.6. The first-order valence-corrected chi connectivity index (χ1v) is 19.5. The zero-order valence-electron chi connectivity index (χ0n) is 31.7. The van der Waals surface area contributed by atoms with E-state index in [1.54, 1.807) is 0 Å². The maximum atomic E-state index is 2.45. The van der Waals surface area contributed by atoms with Gasteiger partial charge in [-0.15, -0.1) is 0 Å². The highest BCUT2D eigenvalue weighted by Crippen LogP contribution is 2.53. The summed E-state index contributed by atoms with van der Waals surface area (Å²) in [6.45, 7) is 4.79. The fourth-order valence-electron chi connectivity index (χ4n) is 8.81. The Bertz CT molecular complexity index is 2780. The SMILES string of the molecule is CC1(C)c2cc(N(c3ccccc3)c3ccc(-c4ccccc4)cc3)ccc2-c2c(-c3cc(-c4ccccc4)cc(-c4ccccc4)c3)ccc3cccc1c23. The van der Waals surface area contributed by atoms with Gasteiger partial charge in [0.2, 0.25) is 0 Å². The molecule has 0 spiro atoms. The molecule has 0 amide bonds. The third-order valence-electron chi connectivity index (χ3n) is 11.6. The molecule has 0 radical (unpaired) electrons. The van der Waals surface area contributed by atoms with Gasteiger partial charge in [0.05, 0.1) is 0 Å². The van der Waals surface area contributed by atoms with Gasteiger partial charge in [-0.3, -0.25) is 0 Å². The third-order valence-corrected chi connectivity index (χ3v) is 11.6. The zero-order chi connectivity index (χ0) is 37.6. The second-order valence-corrected chi connectivity index (χ2v) is 15.4. The topological polar surface area (TPSA) is 3.24 Å². The Hall–Kier alpha value is -6.96. The summed E-state index contributed by atoms with van der Waals surface area (Å²) in [4.78, 5) is 2.39. The van der Waals surface area contributed by atoms with Crippen LogP contribution in [0.4, 0.5) is 17.1 Å². The van der Waals surface area contributed by atoms with E-state index in [2.05, 4.69) is 231 Å². The maximum absolute atomic E-state index is 2.45. The average Bonchev–Trinajstić information content (AvgIpc) is 3.27. The number of anilines is 3. The summed E-state index contributed by atoms with van der Waals surface area (Å²) >= 11 is 0. The average molecular weight is 716 g/mol. The Balaban J connectivity index is 1.18. The van der Waals surface area contributed by atoms with Gasteiger partial charge in [0.15, 0.2) is 0 Å². The summed E-state index contributed by atoms with van der Waals surface area (Å²) in [6, 6.07) is 77.6. The number of fused-ring (bicyclic) bond motifs is 2. The van der Waals surface area contributed by atoms with Crippen molar-refractivity contribution in [3.05, 3.63) is 223 Å². The molecule has 0 unspecified atom stereocenters. The molecular weight excluding hydrogens is 675 g/mol. The van der Waals surface area contributed by atoms with Gasteiger partial charge in [0, 0.05) is 22.5 Å². The molecule has 266 valence electrons. The fourth-order valence-corrected chi connectivity index (χ4v) is 8.81. The Kier molecular flexibility index (Phi) is 8.23. The number of rotatable bonds is 7. The quantitative estimate of drug-likeness (QED) is 0.159. The van der Waals surface area contributed by atoms with Gasteiger partial charge >= 0.3 is 0 Å². The molecule has 1 heteroatoms. The van der Waals surface area contributed by atoms with Crippen molar-refractivity contribution in [2.24, 2.45) is 0 Å². The lowest BCUT2D eigenvalue weighted by molar-refractivity contribution is 0.645. The summed E-state index contributed by atoms with van der Waals surface area (Å²) in [5.41, 5.74) is 18.2. The molecule has 0 heterocycles. The van der Waals surface area contributed by atoms with Crippen molar-refractivity contribution >= 4 is 27.8 Å². The standard InChI is InChI=1S/C55H41N/c1-55(2)51-25-15-22-42-28-32-49(45-35-43(39-18-9-4-10-19-39)34-44(36-45)40-20-11-5-12-21-40)54(53(42)51)50-33-31-48(37-52(50)55)56(46-23-13-6-14-24-46)47-29-26-41(27-30-47)38-16-7-3-8-17-38/h3-37H,1-2H3. The van der Waals surface area contributed by atoms with E-state index in [-0.39, 0.29) is 5.41 Å². The van der Waals surface area contributed by atoms with E-state index < -0.39 is 0 Å². The Morgan fingerprint density at radius 1 is 0.321 bits per heavy atom. The molecule has 56 heavy (non-hydrogen) atoms. The van der Waals surface area contributed by atoms with E-state index in [0.29, 0.717) is 0 Å². The first-order valence-electron chi connectivity index (χ1n) is 19.5. The van der Waals surface area contributed by atoms with Crippen molar-refractivity contribution in [2.75, 3.05) is 4.90 Å². The minimum Gasteiger partial charge on any atom is -0.310 e. The highest BCUT2D eigenvalue weighted by atomic mass is 15.1. The van der Waals surface area contributed by atoms with Crippen LogP contribution in [0.5, 0.6) is 0 Å². The highest BCUT2D eigenvalue weighted by Gasteiger charge is 2.35. The van der Waals surface area contributed by atoms with Gasteiger partial charge in [0.25, 0.3) is 0 Å². The summed E-state index contributed by atoms with van der Waals surface area (Å²) in [5.74, 6) is 0. The van der Waals surface area contributed by atoms with Crippen LogP contribution >= 0.6 is 0 Å². The van der Waals surface area contributed by atoms with Crippen LogP contribution in [0.2, 0.25) is 0 Å². The first-order chi connectivity index (χ1) is 27.5. The molecule has 9 aromatic carbocycles. The molecular formula is C55H41N. The number of para-hydroxylation sites is 1. The van der Waals surface area contributed by atoms with Gasteiger partial charge < -0.3 is 4.90 Å². The lowest BCUT2D eigenvalue weighted by Crippen LogP contribution is -2.24. The largest absolute Gasteiger partial charge is 0.310 e. The Labute approximate surface area is 329 Å². The van der Waals surface area contributed by atoms with E-state index >= 15 is 0 Å². The van der Waals surface area contributed by atoms with E-state index in [9.17, 15) is 0 Å². The van der Waals surface area contributed by atoms with E-state index in [4.69, 9.17) is 0 Å². The molecule has 0 saturated heterocycles. The minimum absolute atomic E-state index is 0.239. The van der Waals surface area contributed by atoms with Gasteiger partial charge in [-0.2, -0.15) is 0 Å². The predicted molar refractivity (Wildman–Crippen MR) is 238 cm³/mol. The molecule has 0 aromatic heterocycles. The lowest BCUT2D eigenvalue weighted by atomic mass is 9.67. The molecule has 0 aliphatic heterocycles. The molecule has 1 aliphatic carbocycles. The fraction of sp³-hybridized carbons (Fsp3) is 0.0545. The van der Waals surface area contributed by atoms with Crippen molar-refractivity contribution in [1.29, 1.82) is 0 Å². The zero-order valence-corrected chi connectivity index (χ0v) is 31.7. The minimum atomic E-state index is -0.239. The molecule has 10 rings (SSSR count). The van der Waals surface area contributed by atoms with Crippen LogP contribution < -0.4 is 4.90 Å². The van der Waals surface area contributed by atoms with Crippen LogP contribution in [-0.2, 0) is 5.41 Å². The second-order valence-electron chi connectivity index (χ2n) is 15.4. The van der Waals surface area contributed by atoms with Crippen LogP contribution in [0.3, 0.4) is 0 Å². The smallest absolute Gasteiger partial charge is 0.0465 e. The van der Waals surface area contributed by atoms with Crippen LogP contribution in [0.25, 0.3) is 66.4 Å². The Morgan fingerprint density at radius 3 is 1.41 bits per heavy atom. The van der Waals surface area contributed by atoms with Crippen molar-refractivity contribution in [1.82, 2.24) is 0 Å². The van der Waals surface area contributed by atoms with E-state index in [1.165, 1.54) is 77.5 Å². The molecule has 0 fully saturated rings. The van der Waals surface area contributed by atoms with Crippen molar-refractivity contribution < 1.29 is 0 Å². The van der Waals surface area contributed by atoms with E-state index in [0.717, 1.165) is 17.1 Å². The van der Waals surface area contributed by atoms with Crippen molar-refractivity contribution in [2.45, 2.75) is 19.3 Å². The molecule has 1 aliphatic rings. The summed E-state index contributed by atoms with van der Waals surface area (Å²) in [6.07, 6.45) is 0. The number of benzene rings is 9. The lowest BCUT2D eigenvalue weighted by Gasteiger charge is -2.37. The number of hydrogen-bond donors (Lipinski definition) is 0. The van der Waals surface area contributed by atoms with Crippen LogP contribution in [-0.4, -0.2) is 0 Å². The second kappa shape index (κ2) is 13.7. The third kappa shape index (κ3) is 5.81. The molecule has 0 bridgehead atoms. The molecule has 0 N–H and O–H groups in total. The molecule has 9 aromatic rings. The van der Waals surface area contributed by atoms with Gasteiger partial charge in [0.1, 0.15) is 0 Å². The molecule has 0 saturated carbocycles. The maximum Gasteiger partial charge on any atom is 0.0465 e. The predicted octanol–water partition coefficient (Wildman–Crippen LogP) is 15.3. The Morgan fingerprint density at radius 2 is 0.804 bits per heavy atom. The van der Waals surface area contributed by atoms with Gasteiger partial charge in [-0.05, 0) is 132 Å². The summed E-state index contributed by atoms with van der Waals surface area (Å²) in [5, 5.41) is 2.62. The van der Waals surface area contributed by atoms with Crippen LogP contribution in [0.15, 0.2) is 212 Å². The molecule has 1 nitrogen and oxygen atoms in total. The van der Waals surface area contributed by atoms with Crippen LogP contribution in [0.1, 0.15) is 25.0 Å². The number of nitrogens with zero attached hydrogens (tertiary/aromatic N) is 1. The van der Waals surface area contributed by atoms with Crippen LogP contribution in [0, 0.1) is 0 Å². The highest BCUT2D eigenvalue weighted by molar-refractivity contribution is 6.10. The number of hydrogen-bond acceptors (Lipinski definition) is 1. The normalized spacial score (nSPS) is 12.6. The van der Waals surface area contributed by atoms with Gasteiger partial charge in [-0.25, -0.2) is 0 Å². The summed E-state index contributed by atoms with van der Waals surface area (Å²) < 4.78 is 0. The van der Waals surface area contributed by atoms with Gasteiger partial charge in [-0.1, -0.05) is 172 Å². The van der Waals surface area contributed by atoms with Crippen molar-refractivity contribution in [3.63, 3.8) is 0 Å². The van der Waals surface area contributed by atoms with E-state index in [1.807, 2.05) is 0 Å².